The molecular weight excluding hydrogens is 338 g/mol. The van der Waals surface area contributed by atoms with Crippen LogP contribution in [0, 0.1) is 0 Å². The molecule has 21 heavy (non-hydrogen) atoms. The standard InChI is InChI=1S/C15H12BrNO4/c16-12-8-10(15(19)20)6-7-13(12)17-14(18)9-21-11-4-2-1-3-5-11/h1-8H,9H2,(H,17,18)(H,19,20). The van der Waals surface area contributed by atoms with Crippen LogP contribution in [0.4, 0.5) is 5.69 Å². The number of carboxylic acid groups (broad SMARTS) is 1. The molecule has 2 aromatic rings. The fourth-order valence-electron chi connectivity index (χ4n) is 1.60. The van der Waals surface area contributed by atoms with Gasteiger partial charge < -0.3 is 15.2 Å². The second kappa shape index (κ2) is 6.90. The minimum Gasteiger partial charge on any atom is -0.484 e. The lowest BCUT2D eigenvalue weighted by molar-refractivity contribution is -0.118. The number of benzene rings is 2. The van der Waals surface area contributed by atoms with Crippen LogP contribution in [0.15, 0.2) is 53.0 Å². The van der Waals surface area contributed by atoms with Gasteiger partial charge in [-0.3, -0.25) is 4.79 Å². The Kier molecular flexibility index (Phi) is 4.94. The zero-order valence-electron chi connectivity index (χ0n) is 10.9. The summed E-state index contributed by atoms with van der Waals surface area (Å²) in [5.41, 5.74) is 0.627. The minimum absolute atomic E-state index is 0.128. The van der Waals surface area contributed by atoms with Crippen LogP contribution in [0.2, 0.25) is 0 Å². The highest BCUT2D eigenvalue weighted by Gasteiger charge is 2.09. The molecule has 108 valence electrons. The SMILES string of the molecule is O=C(COc1ccccc1)Nc1ccc(C(=O)O)cc1Br. The minimum atomic E-state index is -1.03. The topological polar surface area (TPSA) is 75.6 Å². The van der Waals surface area contributed by atoms with E-state index in [0.29, 0.717) is 15.9 Å². The van der Waals surface area contributed by atoms with Gasteiger partial charge in [0, 0.05) is 4.47 Å². The Balaban J connectivity index is 1.95. The van der Waals surface area contributed by atoms with Gasteiger partial charge in [0.1, 0.15) is 5.75 Å². The molecule has 0 bridgehead atoms. The van der Waals surface area contributed by atoms with Crippen LogP contribution in [-0.4, -0.2) is 23.6 Å². The number of anilines is 1. The summed E-state index contributed by atoms with van der Waals surface area (Å²) in [7, 11) is 0. The Morgan fingerprint density at radius 2 is 1.86 bits per heavy atom. The zero-order chi connectivity index (χ0) is 15.2. The van der Waals surface area contributed by atoms with E-state index in [1.807, 2.05) is 18.2 Å². The lowest BCUT2D eigenvalue weighted by Crippen LogP contribution is -2.20. The summed E-state index contributed by atoms with van der Waals surface area (Å²) in [6.07, 6.45) is 0. The van der Waals surface area contributed by atoms with Crippen molar-refractivity contribution in [1.29, 1.82) is 0 Å². The number of hydrogen-bond donors (Lipinski definition) is 2. The van der Waals surface area contributed by atoms with Crippen LogP contribution in [0.25, 0.3) is 0 Å². The highest BCUT2D eigenvalue weighted by atomic mass is 79.9. The van der Waals surface area contributed by atoms with Crippen LogP contribution in [0.3, 0.4) is 0 Å². The molecule has 0 unspecified atom stereocenters. The van der Waals surface area contributed by atoms with Crippen molar-refractivity contribution in [2.24, 2.45) is 0 Å². The molecular formula is C15H12BrNO4. The van der Waals surface area contributed by atoms with Crippen molar-refractivity contribution < 1.29 is 19.4 Å². The van der Waals surface area contributed by atoms with E-state index >= 15 is 0 Å². The van der Waals surface area contributed by atoms with Gasteiger partial charge in [-0.25, -0.2) is 4.79 Å². The maximum atomic E-state index is 11.8. The highest BCUT2D eigenvalue weighted by molar-refractivity contribution is 9.10. The van der Waals surface area contributed by atoms with Crippen molar-refractivity contribution in [3.8, 4) is 5.75 Å². The largest absolute Gasteiger partial charge is 0.484 e. The maximum Gasteiger partial charge on any atom is 0.335 e. The third kappa shape index (κ3) is 4.32. The van der Waals surface area contributed by atoms with Crippen LogP contribution in [0.5, 0.6) is 5.75 Å². The van der Waals surface area contributed by atoms with Gasteiger partial charge in [0.05, 0.1) is 11.3 Å². The molecule has 2 aromatic carbocycles. The van der Waals surface area contributed by atoms with Crippen LogP contribution in [-0.2, 0) is 4.79 Å². The van der Waals surface area contributed by atoms with E-state index in [9.17, 15) is 9.59 Å². The molecule has 0 radical (unpaired) electrons. The Morgan fingerprint density at radius 1 is 1.14 bits per heavy atom. The van der Waals surface area contributed by atoms with E-state index < -0.39 is 5.97 Å². The summed E-state index contributed by atoms with van der Waals surface area (Å²) in [4.78, 5) is 22.6. The summed E-state index contributed by atoms with van der Waals surface area (Å²) in [5, 5.41) is 11.5. The number of hydrogen-bond acceptors (Lipinski definition) is 3. The number of carbonyl (C=O) groups excluding carboxylic acids is 1. The second-order valence-corrected chi connectivity index (χ2v) is 5.00. The molecule has 2 rings (SSSR count). The van der Waals surface area contributed by atoms with Crippen molar-refractivity contribution in [1.82, 2.24) is 0 Å². The van der Waals surface area contributed by atoms with Crippen molar-refractivity contribution >= 4 is 33.5 Å². The van der Waals surface area contributed by atoms with Gasteiger partial charge in [0.25, 0.3) is 5.91 Å². The van der Waals surface area contributed by atoms with E-state index in [1.54, 1.807) is 12.1 Å². The first-order valence-corrected chi connectivity index (χ1v) is 6.86. The average molecular weight is 350 g/mol. The van der Waals surface area contributed by atoms with Crippen LogP contribution < -0.4 is 10.1 Å². The number of carboxylic acids is 1. The summed E-state index contributed by atoms with van der Waals surface area (Å²) in [6.45, 7) is -0.128. The highest BCUT2D eigenvalue weighted by Crippen LogP contribution is 2.23. The lowest BCUT2D eigenvalue weighted by Gasteiger charge is -2.09. The summed E-state index contributed by atoms with van der Waals surface area (Å²) in [6, 6.07) is 13.4. The molecule has 0 atom stereocenters. The number of aromatic carboxylic acids is 1. The van der Waals surface area contributed by atoms with E-state index in [2.05, 4.69) is 21.2 Å². The van der Waals surface area contributed by atoms with Gasteiger partial charge in [-0.05, 0) is 46.3 Å². The lowest BCUT2D eigenvalue weighted by atomic mass is 10.2. The zero-order valence-corrected chi connectivity index (χ0v) is 12.5. The number of carbonyl (C=O) groups is 2. The average Bonchev–Trinajstić information content (AvgIpc) is 2.48. The number of amides is 1. The number of para-hydroxylation sites is 1. The molecule has 0 aliphatic carbocycles. The molecule has 0 saturated heterocycles. The summed E-state index contributed by atoms with van der Waals surface area (Å²) in [5.74, 6) is -0.753. The van der Waals surface area contributed by atoms with Gasteiger partial charge in [-0.2, -0.15) is 0 Å². The Labute approximate surface area is 129 Å². The smallest absolute Gasteiger partial charge is 0.335 e. The van der Waals surface area contributed by atoms with E-state index in [4.69, 9.17) is 9.84 Å². The first-order valence-electron chi connectivity index (χ1n) is 6.07. The molecule has 0 fully saturated rings. The molecule has 0 spiro atoms. The first kappa shape index (κ1) is 15.1. The predicted octanol–water partition coefficient (Wildman–Crippen LogP) is 3.16. The molecule has 5 nitrogen and oxygen atoms in total. The number of halogens is 1. The number of ether oxygens (including phenoxy) is 1. The maximum absolute atomic E-state index is 11.8. The molecule has 0 aliphatic rings. The monoisotopic (exact) mass is 349 g/mol. The number of nitrogens with one attached hydrogen (secondary N) is 1. The third-order valence-corrected chi connectivity index (χ3v) is 3.26. The van der Waals surface area contributed by atoms with Gasteiger partial charge in [-0.1, -0.05) is 18.2 Å². The summed E-state index contributed by atoms with van der Waals surface area (Å²) >= 11 is 3.22. The normalized spacial score (nSPS) is 9.95. The van der Waals surface area contributed by atoms with Gasteiger partial charge >= 0.3 is 5.97 Å². The molecule has 0 aliphatic heterocycles. The van der Waals surface area contributed by atoms with Crippen LogP contribution in [0.1, 0.15) is 10.4 Å². The Bertz CT molecular complexity index is 658. The molecule has 0 heterocycles. The van der Waals surface area contributed by atoms with Gasteiger partial charge in [-0.15, -0.1) is 0 Å². The number of rotatable bonds is 5. The van der Waals surface area contributed by atoms with Crippen LogP contribution >= 0.6 is 15.9 Å². The molecule has 0 saturated carbocycles. The fourth-order valence-corrected chi connectivity index (χ4v) is 2.08. The van der Waals surface area contributed by atoms with Gasteiger partial charge in [0.2, 0.25) is 0 Å². The Morgan fingerprint density at radius 3 is 2.48 bits per heavy atom. The molecule has 0 aromatic heterocycles. The molecule has 1 amide bonds. The van der Waals surface area contributed by atoms with E-state index in [-0.39, 0.29) is 18.1 Å². The van der Waals surface area contributed by atoms with E-state index in [1.165, 1.54) is 18.2 Å². The second-order valence-electron chi connectivity index (χ2n) is 4.15. The predicted molar refractivity (Wildman–Crippen MR) is 81.7 cm³/mol. The van der Waals surface area contributed by atoms with Crippen molar-refractivity contribution in [3.05, 3.63) is 58.6 Å². The summed E-state index contributed by atoms with van der Waals surface area (Å²) < 4.78 is 5.82. The molecule has 2 N–H and O–H groups in total. The fraction of sp³-hybridized carbons (Fsp3) is 0.0667. The molecule has 6 heteroatoms. The Hall–Kier alpha value is -2.34. The van der Waals surface area contributed by atoms with Gasteiger partial charge in [0.15, 0.2) is 6.61 Å². The quantitative estimate of drug-likeness (QED) is 0.869. The third-order valence-electron chi connectivity index (χ3n) is 2.60. The van der Waals surface area contributed by atoms with Crippen molar-refractivity contribution in [2.75, 3.05) is 11.9 Å². The van der Waals surface area contributed by atoms with Crippen molar-refractivity contribution in [3.63, 3.8) is 0 Å². The van der Waals surface area contributed by atoms with E-state index in [0.717, 1.165) is 0 Å². The van der Waals surface area contributed by atoms with Crippen molar-refractivity contribution in [2.45, 2.75) is 0 Å². The first-order chi connectivity index (χ1) is 10.1.